The molecule has 1 aromatic carbocycles. The Morgan fingerprint density at radius 1 is 1.25 bits per heavy atom. The molecule has 3 aromatic rings. The fourth-order valence-electron chi connectivity index (χ4n) is 3.89. The van der Waals surface area contributed by atoms with Crippen molar-refractivity contribution in [1.29, 1.82) is 0 Å². The van der Waals surface area contributed by atoms with Crippen LogP contribution in [0.25, 0.3) is 0 Å². The van der Waals surface area contributed by atoms with E-state index in [1.165, 1.54) is 12.7 Å². The molecule has 0 saturated heterocycles. The van der Waals surface area contributed by atoms with Crippen LogP contribution in [0.5, 0.6) is 0 Å². The predicted molar refractivity (Wildman–Crippen MR) is 99.2 cm³/mol. The van der Waals surface area contributed by atoms with Crippen molar-refractivity contribution >= 4 is 5.91 Å². The van der Waals surface area contributed by atoms with Crippen molar-refractivity contribution in [1.82, 2.24) is 30.1 Å². The number of carbonyl (C=O) groups is 1. The number of hydrogen-bond acceptors (Lipinski definition) is 6. The Morgan fingerprint density at radius 3 is 2.82 bits per heavy atom. The molecule has 1 saturated carbocycles. The van der Waals surface area contributed by atoms with Gasteiger partial charge in [-0.25, -0.2) is 9.67 Å². The van der Waals surface area contributed by atoms with Gasteiger partial charge in [-0.05, 0) is 28.8 Å². The first-order valence-corrected chi connectivity index (χ1v) is 9.81. The smallest absolute Gasteiger partial charge is 0.248 e. The third-order valence-corrected chi connectivity index (χ3v) is 5.75. The summed E-state index contributed by atoms with van der Waals surface area (Å²) in [5.41, 5.74) is 1.97. The third-order valence-electron chi connectivity index (χ3n) is 5.75. The van der Waals surface area contributed by atoms with Gasteiger partial charge in [0.05, 0.1) is 6.54 Å². The summed E-state index contributed by atoms with van der Waals surface area (Å²) in [7, 11) is 0. The first kappa shape index (κ1) is 17.1. The highest BCUT2D eigenvalue weighted by atomic mass is 16.4. The minimum absolute atomic E-state index is 0.00926. The zero-order valence-electron chi connectivity index (χ0n) is 15.6. The maximum Gasteiger partial charge on any atom is 0.248 e. The fourth-order valence-corrected chi connectivity index (χ4v) is 3.89. The van der Waals surface area contributed by atoms with Gasteiger partial charge >= 0.3 is 0 Å². The summed E-state index contributed by atoms with van der Waals surface area (Å²) in [4.78, 5) is 19.9. The molecule has 0 radical (unpaired) electrons. The van der Waals surface area contributed by atoms with Crippen LogP contribution in [-0.4, -0.2) is 42.5 Å². The summed E-state index contributed by atoms with van der Waals surface area (Å²) >= 11 is 0. The Hall–Kier alpha value is -3.03. The van der Waals surface area contributed by atoms with Crippen molar-refractivity contribution in [3.63, 3.8) is 0 Å². The molecule has 144 valence electrons. The van der Waals surface area contributed by atoms with E-state index < -0.39 is 6.04 Å². The Bertz CT molecular complexity index is 949. The number of tetrazole rings is 1. The molecule has 0 N–H and O–H groups in total. The van der Waals surface area contributed by atoms with Gasteiger partial charge in [0.25, 0.3) is 0 Å². The highest BCUT2D eigenvalue weighted by molar-refractivity contribution is 5.80. The van der Waals surface area contributed by atoms with Crippen molar-refractivity contribution in [3.8, 4) is 0 Å². The number of carbonyl (C=O) groups excluding carboxylic acids is 1. The molecule has 3 heterocycles. The van der Waals surface area contributed by atoms with Crippen LogP contribution < -0.4 is 0 Å². The van der Waals surface area contributed by atoms with Gasteiger partial charge in [0.1, 0.15) is 23.8 Å². The zero-order valence-corrected chi connectivity index (χ0v) is 15.6. The molecule has 1 atom stereocenters. The first-order valence-electron chi connectivity index (χ1n) is 9.81. The second kappa shape index (κ2) is 7.18. The van der Waals surface area contributed by atoms with E-state index in [-0.39, 0.29) is 5.91 Å². The Morgan fingerprint density at radius 2 is 2.11 bits per heavy atom. The van der Waals surface area contributed by atoms with Crippen molar-refractivity contribution < 1.29 is 9.21 Å². The molecule has 1 aliphatic heterocycles. The minimum Gasteiger partial charge on any atom is -0.445 e. The van der Waals surface area contributed by atoms with E-state index in [2.05, 4.69) is 15.5 Å². The van der Waals surface area contributed by atoms with Gasteiger partial charge in [-0.15, -0.1) is 5.10 Å². The van der Waals surface area contributed by atoms with Crippen molar-refractivity contribution in [2.45, 2.75) is 50.6 Å². The van der Waals surface area contributed by atoms with Crippen LogP contribution in [0.3, 0.4) is 0 Å². The van der Waals surface area contributed by atoms with Crippen LogP contribution >= 0.6 is 0 Å². The second-order valence-corrected chi connectivity index (χ2v) is 7.55. The fraction of sp³-hybridized carbons (Fsp3) is 0.450. The van der Waals surface area contributed by atoms with Gasteiger partial charge in [-0.3, -0.25) is 4.79 Å². The summed E-state index contributed by atoms with van der Waals surface area (Å²) in [5, 5.41) is 11.4. The molecule has 0 spiro atoms. The van der Waals surface area contributed by atoms with Crippen molar-refractivity contribution in [2.75, 3.05) is 6.54 Å². The van der Waals surface area contributed by atoms with Gasteiger partial charge < -0.3 is 9.32 Å². The van der Waals surface area contributed by atoms with E-state index in [1.54, 1.807) is 4.68 Å². The van der Waals surface area contributed by atoms with Crippen LogP contribution in [0.2, 0.25) is 0 Å². The third kappa shape index (κ3) is 3.19. The second-order valence-electron chi connectivity index (χ2n) is 7.55. The average molecular weight is 378 g/mol. The zero-order chi connectivity index (χ0) is 18.9. The summed E-state index contributed by atoms with van der Waals surface area (Å²) in [6.07, 6.45) is 6.30. The van der Waals surface area contributed by atoms with Crippen LogP contribution in [0.15, 0.2) is 41.1 Å². The Kier molecular flexibility index (Phi) is 4.38. The molecule has 2 aliphatic rings. The Labute approximate surface area is 162 Å². The Balaban J connectivity index is 1.36. The molecule has 1 amide bonds. The number of fused-ring (bicyclic) bond motifs is 1. The van der Waals surface area contributed by atoms with Crippen molar-refractivity contribution in [2.24, 2.45) is 0 Å². The highest BCUT2D eigenvalue weighted by Crippen LogP contribution is 2.37. The topological polar surface area (TPSA) is 89.9 Å². The largest absolute Gasteiger partial charge is 0.445 e. The molecular formula is C20H22N6O2. The maximum atomic E-state index is 13.4. The average Bonchev–Trinajstić information content (AvgIpc) is 3.34. The molecule has 8 nitrogen and oxygen atoms in total. The first-order chi connectivity index (χ1) is 13.8. The van der Waals surface area contributed by atoms with E-state index in [0.29, 0.717) is 31.8 Å². The summed E-state index contributed by atoms with van der Waals surface area (Å²) in [6.45, 7) is 1.11. The lowest BCUT2D eigenvalue weighted by atomic mass is 9.85. The number of amides is 1. The predicted octanol–water partition coefficient (Wildman–Crippen LogP) is 2.30. The standard InChI is InChI=1S/C20H22N6O2/c27-20(17(26-13-21-23-24-26)11-14-5-2-1-3-6-14)25-10-9-18-16(12-25)22-19(28-18)15-7-4-8-15/h1-3,5-6,13,15,17H,4,7-12H2. The van der Waals surface area contributed by atoms with E-state index in [0.717, 1.165) is 35.7 Å². The van der Waals surface area contributed by atoms with Gasteiger partial charge in [0.15, 0.2) is 5.89 Å². The number of benzene rings is 1. The SMILES string of the molecule is O=C(C(Cc1ccccc1)n1cnnn1)N1CCc2oc(C3CCC3)nc2C1. The maximum absolute atomic E-state index is 13.4. The number of aromatic nitrogens is 5. The lowest BCUT2D eigenvalue weighted by molar-refractivity contribution is -0.136. The summed E-state index contributed by atoms with van der Waals surface area (Å²) < 4.78 is 7.53. The molecule has 5 rings (SSSR count). The molecule has 28 heavy (non-hydrogen) atoms. The number of rotatable bonds is 5. The van der Waals surface area contributed by atoms with Gasteiger partial charge in [-0.1, -0.05) is 36.8 Å². The van der Waals surface area contributed by atoms with E-state index in [1.807, 2.05) is 35.2 Å². The molecule has 0 bridgehead atoms. The monoisotopic (exact) mass is 378 g/mol. The molecule has 2 aromatic heterocycles. The molecule has 1 fully saturated rings. The van der Waals surface area contributed by atoms with E-state index >= 15 is 0 Å². The quantitative estimate of drug-likeness (QED) is 0.677. The lowest BCUT2D eigenvalue weighted by Gasteiger charge is -2.29. The normalized spacial score (nSPS) is 17.8. The van der Waals surface area contributed by atoms with Crippen LogP contribution in [0.1, 0.15) is 54.1 Å². The number of nitrogens with zero attached hydrogens (tertiary/aromatic N) is 6. The minimum atomic E-state index is -0.475. The highest BCUT2D eigenvalue weighted by Gasteiger charge is 2.33. The molecule has 1 unspecified atom stereocenters. The van der Waals surface area contributed by atoms with E-state index in [9.17, 15) is 4.79 Å². The van der Waals surface area contributed by atoms with Gasteiger partial charge in [0.2, 0.25) is 5.91 Å². The van der Waals surface area contributed by atoms with Gasteiger partial charge in [-0.2, -0.15) is 0 Å². The summed E-state index contributed by atoms with van der Waals surface area (Å²) in [6, 6.07) is 9.47. The van der Waals surface area contributed by atoms with Gasteiger partial charge in [0, 0.05) is 25.3 Å². The molecule has 8 heteroatoms. The summed E-state index contributed by atoms with van der Waals surface area (Å²) in [5.74, 6) is 2.26. The molecular weight excluding hydrogens is 356 g/mol. The lowest BCUT2D eigenvalue weighted by Crippen LogP contribution is -2.41. The van der Waals surface area contributed by atoms with E-state index in [4.69, 9.17) is 9.40 Å². The van der Waals surface area contributed by atoms with Crippen LogP contribution in [0.4, 0.5) is 0 Å². The van der Waals surface area contributed by atoms with Crippen LogP contribution in [0, 0.1) is 0 Å². The molecule has 1 aliphatic carbocycles. The number of hydrogen-bond donors (Lipinski definition) is 0. The number of oxazole rings is 1. The van der Waals surface area contributed by atoms with Crippen LogP contribution in [-0.2, 0) is 24.2 Å². The van der Waals surface area contributed by atoms with Crippen molar-refractivity contribution in [3.05, 3.63) is 59.6 Å².